The number of fused-ring (bicyclic) bond motifs is 2. The fourth-order valence-electron chi connectivity index (χ4n) is 3.26. The minimum atomic E-state index is -0.334. The smallest absolute Gasteiger partial charge is 0.270 e. The number of hydrogen-bond acceptors (Lipinski definition) is 7. The third-order valence-electron chi connectivity index (χ3n) is 4.71. The Bertz CT molecular complexity index is 1460. The number of nitrogens with one attached hydrogen (secondary N) is 1. The molecule has 30 heavy (non-hydrogen) atoms. The van der Waals surface area contributed by atoms with Crippen LogP contribution in [0.3, 0.4) is 0 Å². The molecule has 1 amide bonds. The molecule has 0 aliphatic carbocycles. The number of benzene rings is 2. The summed E-state index contributed by atoms with van der Waals surface area (Å²) in [4.78, 5) is 34.9. The maximum atomic E-state index is 13.0. The van der Waals surface area contributed by atoms with Crippen LogP contribution in [0.5, 0.6) is 0 Å². The lowest BCUT2D eigenvalue weighted by Gasteiger charge is -2.14. The first-order chi connectivity index (χ1) is 14.5. The molecule has 0 spiro atoms. The van der Waals surface area contributed by atoms with Crippen molar-refractivity contribution in [1.82, 2.24) is 9.97 Å². The number of rotatable bonds is 3. The van der Waals surface area contributed by atoms with Gasteiger partial charge >= 0.3 is 0 Å². The first kappa shape index (κ1) is 18.7. The maximum absolute atomic E-state index is 13.0. The molecule has 2 aromatic heterocycles. The zero-order chi connectivity index (χ0) is 20.8. The van der Waals surface area contributed by atoms with Crippen LogP contribution in [0, 0.1) is 11.3 Å². The molecule has 1 aliphatic heterocycles. The van der Waals surface area contributed by atoms with E-state index in [0.29, 0.717) is 26.5 Å². The summed E-state index contributed by atoms with van der Waals surface area (Å²) in [6.45, 7) is 0. The molecule has 3 heterocycles. The van der Waals surface area contributed by atoms with Crippen LogP contribution in [-0.2, 0) is 4.79 Å². The Kier molecular flexibility index (Phi) is 4.47. The van der Waals surface area contributed by atoms with Crippen LogP contribution >= 0.6 is 35.3 Å². The van der Waals surface area contributed by atoms with Gasteiger partial charge in [-0.2, -0.15) is 5.26 Å². The molecule has 0 saturated carbocycles. The van der Waals surface area contributed by atoms with E-state index in [-0.39, 0.29) is 16.6 Å². The first-order valence-electron chi connectivity index (χ1n) is 8.72. The van der Waals surface area contributed by atoms with Crippen molar-refractivity contribution in [2.24, 2.45) is 0 Å². The van der Waals surface area contributed by atoms with Crippen LogP contribution in [-0.4, -0.2) is 26.0 Å². The van der Waals surface area contributed by atoms with Crippen LogP contribution in [0.15, 0.2) is 59.1 Å². The molecule has 1 fully saturated rings. The summed E-state index contributed by atoms with van der Waals surface area (Å²) >= 11 is 7.98. The number of allylic oxidation sites excluding steroid dienone is 1. The molecule has 9 heteroatoms. The number of amides is 1. The lowest BCUT2D eigenvalue weighted by Crippen LogP contribution is -2.27. The molecular formula is C21H10N4O2S3. The van der Waals surface area contributed by atoms with Gasteiger partial charge in [0.15, 0.2) is 10.1 Å². The Hall–Kier alpha value is -3.32. The standard InChI is InChI=1S/C21H10N4O2S3/c22-8-11-1-3-15-13(5-11)14(9-23-15)17(26)7-19-20(27)25(21(28)30-19)12-2-4-16-18(6-12)29-10-24-16/h1-7,9-10,23H. The second kappa shape index (κ2) is 7.18. The number of hydrogen-bond donors (Lipinski definition) is 1. The minimum Gasteiger partial charge on any atom is -0.360 e. The lowest BCUT2D eigenvalue weighted by molar-refractivity contribution is -0.113. The van der Waals surface area contributed by atoms with E-state index in [1.54, 1.807) is 36.0 Å². The number of carbonyl (C=O) groups is 2. The van der Waals surface area contributed by atoms with Crippen molar-refractivity contribution >= 4 is 78.1 Å². The van der Waals surface area contributed by atoms with Crippen LogP contribution in [0.1, 0.15) is 15.9 Å². The second-order valence-electron chi connectivity index (χ2n) is 6.46. The average Bonchev–Trinajstić information content (AvgIpc) is 3.44. The van der Waals surface area contributed by atoms with Crippen LogP contribution in [0.2, 0.25) is 0 Å². The van der Waals surface area contributed by atoms with Crippen molar-refractivity contribution in [3.8, 4) is 6.07 Å². The summed E-state index contributed by atoms with van der Waals surface area (Å²) in [5.74, 6) is -0.658. The molecule has 5 rings (SSSR count). The number of thiocarbonyl (C=S) groups is 1. The van der Waals surface area contributed by atoms with Gasteiger partial charge in [0, 0.05) is 28.7 Å². The zero-order valence-electron chi connectivity index (χ0n) is 15.1. The number of ketones is 1. The predicted octanol–water partition coefficient (Wildman–Crippen LogP) is 4.78. The van der Waals surface area contributed by atoms with Gasteiger partial charge in [0.25, 0.3) is 5.91 Å². The van der Waals surface area contributed by atoms with E-state index < -0.39 is 0 Å². The Balaban J connectivity index is 1.49. The highest BCUT2D eigenvalue weighted by Crippen LogP contribution is 2.36. The molecule has 0 radical (unpaired) electrons. The normalized spacial score (nSPS) is 15.4. The Morgan fingerprint density at radius 1 is 1.27 bits per heavy atom. The highest BCUT2D eigenvalue weighted by Gasteiger charge is 2.34. The number of thiazole rings is 1. The monoisotopic (exact) mass is 446 g/mol. The summed E-state index contributed by atoms with van der Waals surface area (Å²) in [5, 5.41) is 9.76. The van der Waals surface area contributed by atoms with Crippen molar-refractivity contribution in [2.75, 3.05) is 4.90 Å². The topological polar surface area (TPSA) is 89.8 Å². The minimum absolute atomic E-state index is 0.264. The number of nitrogens with zero attached hydrogens (tertiary/aromatic N) is 3. The molecule has 2 aromatic carbocycles. The van der Waals surface area contributed by atoms with E-state index >= 15 is 0 Å². The zero-order valence-corrected chi connectivity index (χ0v) is 17.5. The molecule has 1 aliphatic rings. The number of aromatic amines is 1. The average molecular weight is 447 g/mol. The van der Waals surface area contributed by atoms with Crippen molar-refractivity contribution in [3.63, 3.8) is 0 Å². The number of nitriles is 1. The van der Waals surface area contributed by atoms with Crippen molar-refractivity contribution < 1.29 is 9.59 Å². The van der Waals surface area contributed by atoms with Gasteiger partial charge in [0.1, 0.15) is 0 Å². The number of anilines is 1. The van der Waals surface area contributed by atoms with E-state index in [2.05, 4.69) is 16.0 Å². The molecule has 144 valence electrons. The van der Waals surface area contributed by atoms with Crippen molar-refractivity contribution in [1.29, 1.82) is 5.26 Å². The summed E-state index contributed by atoms with van der Waals surface area (Å²) in [5.41, 5.74) is 4.86. The number of thioether (sulfide) groups is 1. The molecule has 6 nitrogen and oxygen atoms in total. The summed E-state index contributed by atoms with van der Waals surface area (Å²) < 4.78 is 1.32. The predicted molar refractivity (Wildman–Crippen MR) is 123 cm³/mol. The molecular weight excluding hydrogens is 436 g/mol. The van der Waals surface area contributed by atoms with Crippen molar-refractivity contribution in [3.05, 3.63) is 70.2 Å². The van der Waals surface area contributed by atoms with Gasteiger partial charge in [-0.05, 0) is 36.4 Å². The van der Waals surface area contributed by atoms with Crippen LogP contribution in [0.4, 0.5) is 5.69 Å². The third kappa shape index (κ3) is 3.02. The number of H-pyrrole nitrogens is 1. The summed E-state index contributed by atoms with van der Waals surface area (Å²) in [6, 6.07) is 12.7. The fourth-order valence-corrected chi connectivity index (χ4v) is 5.24. The molecule has 0 atom stereocenters. The van der Waals surface area contributed by atoms with Gasteiger partial charge in [-0.3, -0.25) is 14.5 Å². The van der Waals surface area contributed by atoms with Gasteiger partial charge in [0.2, 0.25) is 0 Å². The summed E-state index contributed by atoms with van der Waals surface area (Å²) in [6.07, 6.45) is 2.90. The van der Waals surface area contributed by atoms with Crippen LogP contribution in [0.25, 0.3) is 21.1 Å². The van der Waals surface area contributed by atoms with Crippen molar-refractivity contribution in [2.45, 2.75) is 0 Å². The number of aromatic nitrogens is 2. The Morgan fingerprint density at radius 2 is 2.13 bits per heavy atom. The third-order valence-corrected chi connectivity index (χ3v) is 6.80. The van der Waals surface area contributed by atoms with E-state index in [1.165, 1.54) is 22.3 Å². The van der Waals surface area contributed by atoms with E-state index in [1.807, 2.05) is 12.1 Å². The highest BCUT2D eigenvalue weighted by atomic mass is 32.2. The summed E-state index contributed by atoms with van der Waals surface area (Å²) in [7, 11) is 0. The van der Waals surface area contributed by atoms with Gasteiger partial charge in [-0.1, -0.05) is 24.0 Å². The SMILES string of the molecule is N#Cc1ccc2[nH]cc(C(=O)C=C3SC(=S)N(c4ccc5ncsc5c4)C3=O)c2c1. The molecule has 4 aromatic rings. The lowest BCUT2D eigenvalue weighted by atomic mass is 10.1. The van der Waals surface area contributed by atoms with Gasteiger partial charge < -0.3 is 4.98 Å². The van der Waals surface area contributed by atoms with Gasteiger partial charge in [-0.15, -0.1) is 11.3 Å². The second-order valence-corrected chi connectivity index (χ2v) is 9.02. The Labute approximate surface area is 183 Å². The Morgan fingerprint density at radius 3 is 2.97 bits per heavy atom. The van der Waals surface area contributed by atoms with Crippen LogP contribution < -0.4 is 4.90 Å². The molecule has 0 unspecified atom stereocenters. The molecule has 0 bridgehead atoms. The first-order valence-corrected chi connectivity index (χ1v) is 10.8. The maximum Gasteiger partial charge on any atom is 0.270 e. The van der Waals surface area contributed by atoms with Gasteiger partial charge in [-0.25, -0.2) is 4.98 Å². The highest BCUT2D eigenvalue weighted by molar-refractivity contribution is 8.27. The fraction of sp³-hybridized carbons (Fsp3) is 0. The van der Waals surface area contributed by atoms with E-state index in [0.717, 1.165) is 27.5 Å². The molecule has 1 saturated heterocycles. The largest absolute Gasteiger partial charge is 0.360 e. The van der Waals surface area contributed by atoms with E-state index in [4.69, 9.17) is 17.5 Å². The van der Waals surface area contributed by atoms with Gasteiger partial charge in [0.05, 0.1) is 38.0 Å². The molecule has 1 N–H and O–H groups in total. The van der Waals surface area contributed by atoms with E-state index in [9.17, 15) is 9.59 Å². The number of carbonyl (C=O) groups excluding carboxylic acids is 2. The quantitative estimate of drug-likeness (QED) is 0.277.